The van der Waals surface area contributed by atoms with Crippen molar-refractivity contribution in [2.75, 3.05) is 0 Å². The van der Waals surface area contributed by atoms with Gasteiger partial charge in [-0.05, 0) is 53.4 Å². The second-order valence-corrected chi connectivity index (χ2v) is 6.53. The van der Waals surface area contributed by atoms with Crippen LogP contribution >= 0.6 is 0 Å². The van der Waals surface area contributed by atoms with Gasteiger partial charge in [0.15, 0.2) is 0 Å². The molecule has 16 heavy (non-hydrogen) atoms. The van der Waals surface area contributed by atoms with Crippen molar-refractivity contribution in [2.24, 2.45) is 0 Å². The summed E-state index contributed by atoms with van der Waals surface area (Å²) in [5.41, 5.74) is 5.26. The van der Waals surface area contributed by atoms with Crippen LogP contribution in [-0.2, 0) is 10.8 Å². The third-order valence-corrected chi connectivity index (χ3v) is 4.02. The van der Waals surface area contributed by atoms with Gasteiger partial charge in [-0.15, -0.1) is 0 Å². The lowest BCUT2D eigenvalue weighted by Gasteiger charge is -2.23. The van der Waals surface area contributed by atoms with E-state index in [2.05, 4.69) is 33.8 Å². The van der Waals surface area contributed by atoms with Crippen molar-refractivity contribution >= 4 is 0 Å². The van der Waals surface area contributed by atoms with Gasteiger partial charge in [0.2, 0.25) is 0 Å². The zero-order valence-corrected chi connectivity index (χ0v) is 11.2. The van der Waals surface area contributed by atoms with E-state index >= 15 is 0 Å². The molecule has 0 aromatic heterocycles. The summed E-state index contributed by atoms with van der Waals surface area (Å²) >= 11 is 0. The van der Waals surface area contributed by atoms with Crippen LogP contribution in [0.25, 0.3) is 0 Å². The van der Waals surface area contributed by atoms with Crippen LogP contribution < -0.4 is 0 Å². The van der Waals surface area contributed by atoms with Gasteiger partial charge in [-0.25, -0.2) is 0 Å². The Morgan fingerprint density at radius 2 is 1.62 bits per heavy atom. The van der Waals surface area contributed by atoms with E-state index < -0.39 is 0 Å². The molecule has 0 aliphatic heterocycles. The topological polar surface area (TPSA) is 20.2 Å². The molecule has 1 aromatic rings. The molecular formula is C15H22O. The monoisotopic (exact) mass is 218 g/mol. The molecule has 0 saturated heterocycles. The van der Waals surface area contributed by atoms with Crippen LogP contribution in [0.15, 0.2) is 6.07 Å². The number of hydrogen-bond acceptors (Lipinski definition) is 1. The van der Waals surface area contributed by atoms with E-state index in [1.165, 1.54) is 11.1 Å². The molecule has 0 unspecified atom stereocenters. The zero-order valence-electron chi connectivity index (χ0n) is 11.2. The Morgan fingerprint density at radius 1 is 1.06 bits per heavy atom. The molecule has 1 N–H and O–H groups in total. The number of fused-ring (bicyclic) bond motifs is 1. The quantitative estimate of drug-likeness (QED) is 0.698. The normalized spacial score (nSPS) is 20.9. The van der Waals surface area contributed by atoms with Crippen LogP contribution in [0.3, 0.4) is 0 Å². The summed E-state index contributed by atoms with van der Waals surface area (Å²) in [6, 6.07) is 2.17. The summed E-state index contributed by atoms with van der Waals surface area (Å²) in [7, 11) is 0. The lowest BCUT2D eigenvalue weighted by atomic mass is 9.81. The molecule has 0 bridgehead atoms. The Morgan fingerprint density at radius 3 is 2.19 bits per heavy atom. The van der Waals surface area contributed by atoms with Gasteiger partial charge in [-0.2, -0.15) is 0 Å². The summed E-state index contributed by atoms with van der Waals surface area (Å²) in [4.78, 5) is 0. The lowest BCUT2D eigenvalue weighted by molar-refractivity contribution is 0.401. The van der Waals surface area contributed by atoms with Gasteiger partial charge in [0.25, 0.3) is 0 Å². The summed E-state index contributed by atoms with van der Waals surface area (Å²) in [5, 5.41) is 10.1. The molecule has 0 radical (unpaired) electrons. The molecule has 1 nitrogen and oxygen atoms in total. The highest BCUT2D eigenvalue weighted by Crippen LogP contribution is 2.52. The third kappa shape index (κ3) is 1.37. The van der Waals surface area contributed by atoms with Crippen molar-refractivity contribution in [3.8, 4) is 5.75 Å². The van der Waals surface area contributed by atoms with Crippen molar-refractivity contribution in [2.45, 2.75) is 58.8 Å². The second kappa shape index (κ2) is 3.03. The molecule has 1 aliphatic carbocycles. The Kier molecular flexibility index (Phi) is 2.18. The summed E-state index contributed by atoms with van der Waals surface area (Å²) in [6.07, 6.45) is 1.15. The van der Waals surface area contributed by atoms with Crippen molar-refractivity contribution < 1.29 is 5.11 Å². The molecule has 1 heteroatoms. The molecule has 0 saturated carbocycles. The minimum Gasteiger partial charge on any atom is -0.507 e. The summed E-state index contributed by atoms with van der Waals surface area (Å²) in [6.45, 7) is 13.2. The first-order valence-electron chi connectivity index (χ1n) is 6.01. The van der Waals surface area contributed by atoms with Gasteiger partial charge < -0.3 is 5.11 Å². The maximum absolute atomic E-state index is 10.1. The lowest BCUT2D eigenvalue weighted by Crippen LogP contribution is -2.18. The first kappa shape index (κ1) is 11.5. The third-order valence-electron chi connectivity index (χ3n) is 4.02. The van der Waals surface area contributed by atoms with E-state index in [1.54, 1.807) is 0 Å². The molecule has 0 amide bonds. The van der Waals surface area contributed by atoms with Gasteiger partial charge in [0.05, 0.1) is 0 Å². The first-order valence-corrected chi connectivity index (χ1v) is 6.01. The van der Waals surface area contributed by atoms with E-state index in [0.29, 0.717) is 5.75 Å². The van der Waals surface area contributed by atoms with Crippen molar-refractivity contribution in [3.05, 3.63) is 28.3 Å². The molecular weight excluding hydrogens is 196 g/mol. The first-order chi connectivity index (χ1) is 7.17. The van der Waals surface area contributed by atoms with Gasteiger partial charge in [-0.1, -0.05) is 33.8 Å². The molecule has 0 atom stereocenters. The fourth-order valence-electron chi connectivity index (χ4n) is 3.67. The van der Waals surface area contributed by atoms with E-state index in [0.717, 1.165) is 17.5 Å². The standard InChI is InChI=1S/C15H22O/c1-9-7-11-12(10(2)13(9)16)15(5,6)8-14(11,3)4/h7,16H,8H2,1-6H3. The zero-order chi connectivity index (χ0) is 12.3. The maximum Gasteiger partial charge on any atom is 0.121 e. The molecule has 0 heterocycles. The van der Waals surface area contributed by atoms with Gasteiger partial charge in [-0.3, -0.25) is 0 Å². The predicted octanol–water partition coefficient (Wildman–Crippen LogP) is 3.97. The number of phenols is 1. The van der Waals surface area contributed by atoms with Crippen LogP contribution in [-0.4, -0.2) is 5.11 Å². The summed E-state index contributed by atoms with van der Waals surface area (Å²) in [5.74, 6) is 0.476. The Hall–Kier alpha value is -0.980. The second-order valence-electron chi connectivity index (χ2n) is 6.53. The van der Waals surface area contributed by atoms with Gasteiger partial charge in [0.1, 0.15) is 5.75 Å². The Balaban J connectivity index is 2.82. The number of benzene rings is 1. The molecule has 1 aliphatic rings. The van der Waals surface area contributed by atoms with Crippen LogP contribution in [0.2, 0.25) is 0 Å². The van der Waals surface area contributed by atoms with E-state index in [9.17, 15) is 5.11 Å². The maximum atomic E-state index is 10.1. The molecule has 88 valence electrons. The van der Waals surface area contributed by atoms with Crippen LogP contribution in [0.4, 0.5) is 0 Å². The highest BCUT2D eigenvalue weighted by Gasteiger charge is 2.43. The minimum absolute atomic E-state index is 0.175. The number of aromatic hydroxyl groups is 1. The average molecular weight is 218 g/mol. The fourth-order valence-corrected chi connectivity index (χ4v) is 3.67. The highest BCUT2D eigenvalue weighted by molar-refractivity contribution is 5.56. The fraction of sp³-hybridized carbons (Fsp3) is 0.600. The minimum atomic E-state index is 0.175. The van der Waals surface area contributed by atoms with E-state index in [4.69, 9.17) is 0 Å². The number of phenolic OH excluding ortho intramolecular Hbond substituents is 1. The average Bonchev–Trinajstić information content (AvgIpc) is 2.28. The Bertz CT molecular complexity index is 453. The van der Waals surface area contributed by atoms with Crippen LogP contribution in [0.1, 0.15) is 56.4 Å². The predicted molar refractivity (Wildman–Crippen MR) is 68.2 cm³/mol. The SMILES string of the molecule is Cc1cc2c(c(C)c1O)C(C)(C)CC2(C)C. The van der Waals surface area contributed by atoms with Crippen LogP contribution in [0, 0.1) is 13.8 Å². The molecule has 2 rings (SSSR count). The number of rotatable bonds is 0. The van der Waals surface area contributed by atoms with Gasteiger partial charge in [0, 0.05) is 0 Å². The number of hydrogen-bond donors (Lipinski definition) is 1. The smallest absolute Gasteiger partial charge is 0.121 e. The molecule has 1 aromatic carbocycles. The largest absolute Gasteiger partial charge is 0.507 e. The number of aryl methyl sites for hydroxylation is 1. The van der Waals surface area contributed by atoms with E-state index in [1.807, 2.05) is 13.8 Å². The van der Waals surface area contributed by atoms with Crippen molar-refractivity contribution in [3.63, 3.8) is 0 Å². The van der Waals surface area contributed by atoms with Gasteiger partial charge >= 0.3 is 0 Å². The Labute approximate surface area is 98.5 Å². The molecule has 0 fully saturated rings. The van der Waals surface area contributed by atoms with Crippen molar-refractivity contribution in [1.82, 2.24) is 0 Å². The van der Waals surface area contributed by atoms with E-state index in [-0.39, 0.29) is 10.8 Å². The highest BCUT2D eigenvalue weighted by atomic mass is 16.3. The molecule has 0 spiro atoms. The summed E-state index contributed by atoms with van der Waals surface area (Å²) < 4.78 is 0. The van der Waals surface area contributed by atoms with Crippen LogP contribution in [0.5, 0.6) is 5.75 Å². The van der Waals surface area contributed by atoms with Crippen molar-refractivity contribution in [1.29, 1.82) is 0 Å².